The quantitative estimate of drug-likeness (QED) is 0.724. The molecule has 0 aromatic carbocycles. The molecule has 0 aliphatic heterocycles. The summed E-state index contributed by atoms with van der Waals surface area (Å²) >= 11 is 0. The van der Waals surface area contributed by atoms with Gasteiger partial charge in [0.15, 0.2) is 0 Å². The van der Waals surface area contributed by atoms with Crippen LogP contribution in [-0.2, 0) is 9.53 Å². The van der Waals surface area contributed by atoms with Crippen LogP contribution in [0.15, 0.2) is 12.2 Å². The summed E-state index contributed by atoms with van der Waals surface area (Å²) in [5.41, 5.74) is 0. The molecule has 5 unspecified atom stereocenters. The van der Waals surface area contributed by atoms with Crippen molar-refractivity contribution < 1.29 is 14.6 Å². The first kappa shape index (κ1) is 12.6. The molecule has 0 heterocycles. The molecular formula is C14H22O3. The fraction of sp³-hybridized carbons (Fsp3) is 0.786. The van der Waals surface area contributed by atoms with Crippen LogP contribution in [0.25, 0.3) is 0 Å². The molecule has 1 saturated carbocycles. The smallest absolute Gasteiger partial charge is 0.308 e. The summed E-state index contributed by atoms with van der Waals surface area (Å²) in [5.74, 6) is 0.853. The lowest BCUT2D eigenvalue weighted by atomic mass is 9.87. The number of allylic oxidation sites excluding steroid dienone is 2. The van der Waals surface area contributed by atoms with Gasteiger partial charge in [0.1, 0.15) is 0 Å². The van der Waals surface area contributed by atoms with Gasteiger partial charge in [-0.15, -0.1) is 0 Å². The van der Waals surface area contributed by atoms with E-state index in [1.54, 1.807) is 6.92 Å². The van der Waals surface area contributed by atoms with Crippen LogP contribution in [0.5, 0.6) is 0 Å². The Morgan fingerprint density at radius 2 is 2.24 bits per heavy atom. The van der Waals surface area contributed by atoms with Crippen LogP contribution in [0.3, 0.4) is 0 Å². The molecule has 1 N–H and O–H groups in total. The Hall–Kier alpha value is -0.830. The summed E-state index contributed by atoms with van der Waals surface area (Å²) in [6.07, 6.45) is 8.37. The predicted molar refractivity (Wildman–Crippen MR) is 65.7 cm³/mol. The van der Waals surface area contributed by atoms with E-state index in [1.807, 2.05) is 0 Å². The van der Waals surface area contributed by atoms with Gasteiger partial charge in [0, 0.05) is 0 Å². The molecule has 0 aromatic rings. The Kier molecular flexibility index (Phi) is 3.87. The van der Waals surface area contributed by atoms with E-state index in [9.17, 15) is 4.79 Å². The molecule has 3 nitrogen and oxygen atoms in total. The van der Waals surface area contributed by atoms with Gasteiger partial charge >= 0.3 is 5.97 Å². The molecule has 0 radical (unpaired) electrons. The van der Waals surface area contributed by atoms with E-state index >= 15 is 0 Å². The maximum absolute atomic E-state index is 10.8. The van der Waals surface area contributed by atoms with Gasteiger partial charge in [-0.25, -0.2) is 0 Å². The molecule has 2 aliphatic carbocycles. The lowest BCUT2D eigenvalue weighted by Crippen LogP contribution is -2.29. The van der Waals surface area contributed by atoms with Crippen LogP contribution in [0.1, 0.15) is 33.1 Å². The largest absolute Gasteiger partial charge is 0.481 e. The van der Waals surface area contributed by atoms with Crippen LogP contribution in [0.4, 0.5) is 0 Å². The number of ether oxygens (including phenoxy) is 1. The van der Waals surface area contributed by atoms with Gasteiger partial charge in [0.25, 0.3) is 0 Å². The van der Waals surface area contributed by atoms with Gasteiger partial charge in [-0.05, 0) is 43.9 Å². The van der Waals surface area contributed by atoms with Crippen molar-refractivity contribution in [2.24, 2.45) is 23.7 Å². The molecule has 2 rings (SSSR count). The van der Waals surface area contributed by atoms with Gasteiger partial charge in [0.05, 0.1) is 18.6 Å². The van der Waals surface area contributed by atoms with E-state index in [0.717, 1.165) is 12.3 Å². The first-order valence-electron chi connectivity index (χ1n) is 6.64. The third-order valence-electron chi connectivity index (χ3n) is 4.19. The molecule has 17 heavy (non-hydrogen) atoms. The van der Waals surface area contributed by atoms with Crippen LogP contribution in [0.2, 0.25) is 0 Å². The number of hydrogen-bond donors (Lipinski definition) is 1. The van der Waals surface area contributed by atoms with Crippen LogP contribution >= 0.6 is 0 Å². The Balaban J connectivity index is 1.85. The lowest BCUT2D eigenvalue weighted by Gasteiger charge is -2.28. The van der Waals surface area contributed by atoms with E-state index in [4.69, 9.17) is 9.84 Å². The summed E-state index contributed by atoms with van der Waals surface area (Å²) in [7, 11) is 0. The highest BCUT2D eigenvalue weighted by molar-refractivity contribution is 5.69. The van der Waals surface area contributed by atoms with Crippen LogP contribution < -0.4 is 0 Å². The average molecular weight is 238 g/mol. The standard InChI is InChI=1S/C14H22O3/c1-3-13(17-8-9(2)14(15)16)12-7-10-4-5-11(12)6-10/h4-5,9-13H,3,6-8H2,1-2H3,(H,15,16). The minimum atomic E-state index is -0.771. The first-order chi connectivity index (χ1) is 8.11. The molecule has 0 saturated heterocycles. The predicted octanol–water partition coefficient (Wildman–Crippen LogP) is 2.71. The number of aliphatic carboxylic acids is 1. The highest BCUT2D eigenvalue weighted by Crippen LogP contribution is 2.46. The zero-order valence-electron chi connectivity index (χ0n) is 10.6. The minimum absolute atomic E-state index is 0.233. The maximum Gasteiger partial charge on any atom is 0.308 e. The number of carboxylic acid groups (broad SMARTS) is 1. The number of hydrogen-bond acceptors (Lipinski definition) is 2. The molecule has 0 spiro atoms. The third-order valence-corrected chi connectivity index (χ3v) is 4.19. The van der Waals surface area contributed by atoms with Gasteiger partial charge in [0.2, 0.25) is 0 Å². The highest BCUT2D eigenvalue weighted by atomic mass is 16.5. The zero-order valence-corrected chi connectivity index (χ0v) is 10.6. The normalized spacial score (nSPS) is 33.9. The second kappa shape index (κ2) is 5.21. The fourth-order valence-corrected chi connectivity index (χ4v) is 3.13. The van der Waals surface area contributed by atoms with Crippen molar-refractivity contribution in [3.63, 3.8) is 0 Å². The van der Waals surface area contributed by atoms with Crippen molar-refractivity contribution in [2.75, 3.05) is 6.61 Å². The third kappa shape index (κ3) is 2.71. The van der Waals surface area contributed by atoms with E-state index in [0.29, 0.717) is 18.4 Å². The Labute approximate surface area is 103 Å². The van der Waals surface area contributed by atoms with E-state index in [-0.39, 0.29) is 6.10 Å². The first-order valence-corrected chi connectivity index (χ1v) is 6.64. The van der Waals surface area contributed by atoms with Crippen molar-refractivity contribution in [2.45, 2.75) is 39.2 Å². The maximum atomic E-state index is 10.8. The number of carboxylic acids is 1. The molecule has 1 fully saturated rings. The van der Waals surface area contributed by atoms with Gasteiger partial charge < -0.3 is 9.84 Å². The number of fused-ring (bicyclic) bond motifs is 2. The molecule has 2 bridgehead atoms. The van der Waals surface area contributed by atoms with E-state index in [1.165, 1.54) is 12.8 Å². The Bertz CT molecular complexity index is 311. The molecule has 0 amide bonds. The van der Waals surface area contributed by atoms with Gasteiger partial charge in [-0.2, -0.15) is 0 Å². The molecule has 0 aromatic heterocycles. The van der Waals surface area contributed by atoms with Gasteiger partial charge in [-0.3, -0.25) is 4.79 Å². The topological polar surface area (TPSA) is 46.5 Å². The van der Waals surface area contributed by atoms with E-state index in [2.05, 4.69) is 19.1 Å². The molecule has 3 heteroatoms. The van der Waals surface area contributed by atoms with Crippen molar-refractivity contribution in [1.82, 2.24) is 0 Å². The summed E-state index contributed by atoms with van der Waals surface area (Å²) < 4.78 is 5.84. The molecular weight excluding hydrogens is 216 g/mol. The monoisotopic (exact) mass is 238 g/mol. The summed E-state index contributed by atoms with van der Waals surface area (Å²) in [6, 6.07) is 0. The Morgan fingerprint density at radius 1 is 1.47 bits per heavy atom. The lowest BCUT2D eigenvalue weighted by molar-refractivity contribution is -0.144. The number of rotatable bonds is 6. The van der Waals surface area contributed by atoms with Crippen molar-refractivity contribution >= 4 is 5.97 Å². The number of carbonyl (C=O) groups is 1. The molecule has 96 valence electrons. The minimum Gasteiger partial charge on any atom is -0.481 e. The van der Waals surface area contributed by atoms with Crippen LogP contribution in [0, 0.1) is 23.7 Å². The summed E-state index contributed by atoms with van der Waals surface area (Å²) in [6.45, 7) is 4.17. The second-order valence-electron chi connectivity index (χ2n) is 5.46. The fourth-order valence-electron chi connectivity index (χ4n) is 3.13. The second-order valence-corrected chi connectivity index (χ2v) is 5.46. The zero-order chi connectivity index (χ0) is 12.4. The highest BCUT2D eigenvalue weighted by Gasteiger charge is 2.39. The van der Waals surface area contributed by atoms with Crippen molar-refractivity contribution in [1.29, 1.82) is 0 Å². The van der Waals surface area contributed by atoms with Gasteiger partial charge in [-0.1, -0.05) is 19.1 Å². The summed E-state index contributed by atoms with van der Waals surface area (Å²) in [5, 5.41) is 8.85. The van der Waals surface area contributed by atoms with Crippen LogP contribution in [-0.4, -0.2) is 23.8 Å². The molecule has 2 aliphatic rings. The Morgan fingerprint density at radius 3 is 2.71 bits per heavy atom. The summed E-state index contributed by atoms with van der Waals surface area (Å²) in [4.78, 5) is 10.8. The van der Waals surface area contributed by atoms with Crippen molar-refractivity contribution in [3.05, 3.63) is 12.2 Å². The van der Waals surface area contributed by atoms with E-state index < -0.39 is 11.9 Å². The average Bonchev–Trinajstić information content (AvgIpc) is 2.91. The van der Waals surface area contributed by atoms with Crippen molar-refractivity contribution in [3.8, 4) is 0 Å². The molecule has 5 atom stereocenters. The SMILES string of the molecule is CCC(OCC(C)C(=O)O)C1CC2C=CC1C2.